The van der Waals surface area contributed by atoms with Crippen LogP contribution in [0.1, 0.15) is 22.2 Å². The van der Waals surface area contributed by atoms with Crippen LogP contribution in [0.3, 0.4) is 0 Å². The van der Waals surface area contributed by atoms with Crippen LogP contribution in [0.25, 0.3) is 0 Å². The Hall–Kier alpha value is -1.98. The van der Waals surface area contributed by atoms with E-state index in [0.29, 0.717) is 12.2 Å². The topological polar surface area (TPSA) is 69.6 Å². The average molecular weight is 224 g/mol. The zero-order chi connectivity index (χ0) is 11.7. The number of hydrogen-bond donors (Lipinski definition) is 1. The van der Waals surface area contributed by atoms with Gasteiger partial charge in [-0.1, -0.05) is 0 Å². The molecule has 0 aromatic carbocycles. The minimum atomic E-state index is -0.437. The van der Waals surface area contributed by atoms with Crippen LogP contribution in [0.4, 0.5) is 4.79 Å². The molecule has 1 aliphatic heterocycles. The molecule has 1 saturated heterocycles. The van der Waals surface area contributed by atoms with Gasteiger partial charge >= 0.3 is 12.1 Å². The van der Waals surface area contributed by atoms with Gasteiger partial charge in [0.15, 0.2) is 0 Å². The zero-order valence-electron chi connectivity index (χ0n) is 9.02. The van der Waals surface area contributed by atoms with Gasteiger partial charge in [0.25, 0.3) is 0 Å². The van der Waals surface area contributed by atoms with Crippen molar-refractivity contribution >= 4 is 12.1 Å². The summed E-state index contributed by atoms with van der Waals surface area (Å²) < 4.78 is 11.3. The minimum Gasteiger partial charge on any atom is -0.464 e. The van der Waals surface area contributed by atoms with E-state index in [0.717, 1.165) is 5.56 Å². The van der Waals surface area contributed by atoms with Crippen LogP contribution in [0, 0.1) is 0 Å². The molecule has 0 spiro atoms. The second kappa shape index (κ2) is 3.88. The molecule has 1 unspecified atom stereocenters. The first-order chi connectivity index (χ1) is 7.61. The summed E-state index contributed by atoms with van der Waals surface area (Å²) in [6, 6.07) is 1.66. The summed E-state index contributed by atoms with van der Waals surface area (Å²) in [6.07, 6.45) is 0.975. The molecule has 86 valence electrons. The number of carbonyl (C=O) groups excluding carboxylic acids is 2. The van der Waals surface area contributed by atoms with E-state index in [1.54, 1.807) is 23.9 Å². The summed E-state index contributed by atoms with van der Waals surface area (Å²) in [7, 11) is 3.06. The van der Waals surface area contributed by atoms with Gasteiger partial charge < -0.3 is 19.4 Å². The lowest BCUT2D eigenvalue weighted by atomic mass is 10.2. The monoisotopic (exact) mass is 224 g/mol. The predicted octanol–water partition coefficient (Wildman–Crippen LogP) is 0.593. The van der Waals surface area contributed by atoms with Gasteiger partial charge in [-0.2, -0.15) is 0 Å². The van der Waals surface area contributed by atoms with E-state index in [-0.39, 0.29) is 6.10 Å². The maximum absolute atomic E-state index is 11.4. The summed E-state index contributed by atoms with van der Waals surface area (Å²) in [6.45, 7) is 0.420. The molecule has 2 rings (SSSR count). The highest BCUT2D eigenvalue weighted by atomic mass is 16.6. The highest BCUT2D eigenvalue weighted by molar-refractivity contribution is 5.88. The highest BCUT2D eigenvalue weighted by Gasteiger charge is 2.26. The maximum Gasteiger partial charge on any atom is 0.407 e. The molecule has 6 nitrogen and oxygen atoms in total. The minimum absolute atomic E-state index is 0.336. The second-order valence-corrected chi connectivity index (χ2v) is 3.54. The van der Waals surface area contributed by atoms with Crippen LogP contribution in [-0.2, 0) is 16.5 Å². The fraction of sp³-hybridized carbons (Fsp3) is 0.400. The number of amides is 1. The molecule has 1 aromatic heterocycles. The summed E-state index contributed by atoms with van der Waals surface area (Å²) in [5, 5.41) is 2.55. The summed E-state index contributed by atoms with van der Waals surface area (Å²) in [5.74, 6) is -0.411. The smallest absolute Gasteiger partial charge is 0.407 e. The van der Waals surface area contributed by atoms with Crippen molar-refractivity contribution in [3.63, 3.8) is 0 Å². The summed E-state index contributed by atoms with van der Waals surface area (Å²) in [5.41, 5.74) is 1.21. The highest BCUT2D eigenvalue weighted by Crippen LogP contribution is 2.22. The van der Waals surface area contributed by atoms with Gasteiger partial charge in [0.05, 0.1) is 13.7 Å². The molecule has 0 radical (unpaired) electrons. The van der Waals surface area contributed by atoms with Crippen LogP contribution in [0.2, 0.25) is 0 Å². The van der Waals surface area contributed by atoms with Crippen molar-refractivity contribution in [1.29, 1.82) is 0 Å². The first kappa shape index (κ1) is 10.5. The molecule has 0 saturated carbocycles. The van der Waals surface area contributed by atoms with Crippen molar-refractivity contribution in [3.8, 4) is 0 Å². The number of cyclic esters (lactones) is 1. The quantitative estimate of drug-likeness (QED) is 0.746. The number of methoxy groups -OCH3 is 1. The standard InChI is InChI=1S/C10H12N2O4/c1-12-5-6(3-7(12)9(13)15-2)8-4-11-10(14)16-8/h3,5,8H,4H2,1-2H3,(H,11,14). The molecular weight excluding hydrogens is 212 g/mol. The second-order valence-electron chi connectivity index (χ2n) is 3.54. The van der Waals surface area contributed by atoms with Crippen LogP contribution in [-0.4, -0.2) is 30.3 Å². The molecule has 1 aromatic rings. The number of carbonyl (C=O) groups is 2. The lowest BCUT2D eigenvalue weighted by molar-refractivity contribution is 0.0590. The van der Waals surface area contributed by atoms with Gasteiger partial charge in [-0.15, -0.1) is 0 Å². The third-order valence-electron chi connectivity index (χ3n) is 2.47. The Balaban J connectivity index is 2.24. The Kier molecular flexibility index (Phi) is 2.55. The van der Waals surface area contributed by atoms with Gasteiger partial charge in [0.1, 0.15) is 11.8 Å². The molecule has 1 amide bonds. The fourth-order valence-electron chi connectivity index (χ4n) is 1.65. The van der Waals surface area contributed by atoms with Crippen LogP contribution in [0.15, 0.2) is 12.3 Å². The van der Waals surface area contributed by atoms with Crippen LogP contribution < -0.4 is 5.32 Å². The number of rotatable bonds is 2. The Labute approximate surface area is 92.1 Å². The van der Waals surface area contributed by atoms with Crippen molar-refractivity contribution in [2.45, 2.75) is 6.10 Å². The molecule has 1 fully saturated rings. The van der Waals surface area contributed by atoms with Crippen molar-refractivity contribution in [1.82, 2.24) is 9.88 Å². The lowest BCUT2D eigenvalue weighted by Crippen LogP contribution is -2.12. The Morgan fingerprint density at radius 1 is 1.69 bits per heavy atom. The zero-order valence-corrected chi connectivity index (χ0v) is 9.02. The number of esters is 1. The van der Waals surface area contributed by atoms with E-state index in [1.165, 1.54) is 7.11 Å². The number of nitrogens with zero attached hydrogens (tertiary/aromatic N) is 1. The van der Waals surface area contributed by atoms with Gasteiger partial charge in [0, 0.05) is 18.8 Å². The van der Waals surface area contributed by atoms with Crippen molar-refractivity contribution in [3.05, 3.63) is 23.5 Å². The Morgan fingerprint density at radius 2 is 2.44 bits per heavy atom. The molecule has 1 aliphatic rings. The van der Waals surface area contributed by atoms with Gasteiger partial charge in [-0.25, -0.2) is 9.59 Å². The normalized spacial score (nSPS) is 19.1. The lowest BCUT2D eigenvalue weighted by Gasteiger charge is -2.03. The van der Waals surface area contributed by atoms with E-state index in [4.69, 9.17) is 4.74 Å². The van der Waals surface area contributed by atoms with Crippen molar-refractivity contribution in [2.24, 2.45) is 7.05 Å². The Bertz CT molecular complexity index is 438. The number of nitrogens with one attached hydrogen (secondary N) is 1. The van der Waals surface area contributed by atoms with Crippen molar-refractivity contribution in [2.75, 3.05) is 13.7 Å². The predicted molar refractivity (Wildman–Crippen MR) is 54.0 cm³/mol. The maximum atomic E-state index is 11.4. The molecule has 16 heavy (non-hydrogen) atoms. The van der Waals surface area contributed by atoms with Gasteiger partial charge in [-0.05, 0) is 6.07 Å². The third kappa shape index (κ3) is 1.73. The number of alkyl carbamates (subject to hydrolysis) is 1. The molecule has 6 heteroatoms. The van der Waals surface area contributed by atoms with Gasteiger partial charge in [-0.3, -0.25) is 0 Å². The van der Waals surface area contributed by atoms with Crippen LogP contribution in [0.5, 0.6) is 0 Å². The first-order valence-corrected chi connectivity index (χ1v) is 4.81. The number of aryl methyl sites for hydroxylation is 1. The average Bonchev–Trinajstić information content (AvgIpc) is 2.83. The first-order valence-electron chi connectivity index (χ1n) is 4.81. The fourth-order valence-corrected chi connectivity index (χ4v) is 1.65. The van der Waals surface area contributed by atoms with Gasteiger partial charge in [0.2, 0.25) is 0 Å². The van der Waals surface area contributed by atoms with E-state index in [9.17, 15) is 9.59 Å². The molecule has 0 aliphatic carbocycles. The van der Waals surface area contributed by atoms with E-state index in [2.05, 4.69) is 10.1 Å². The number of aromatic nitrogens is 1. The molecule has 1 N–H and O–H groups in total. The number of ether oxygens (including phenoxy) is 2. The van der Waals surface area contributed by atoms with Crippen molar-refractivity contribution < 1.29 is 19.1 Å². The van der Waals surface area contributed by atoms with E-state index < -0.39 is 12.1 Å². The molecule has 0 bridgehead atoms. The number of hydrogen-bond acceptors (Lipinski definition) is 4. The molecule has 1 atom stereocenters. The summed E-state index contributed by atoms with van der Waals surface area (Å²) >= 11 is 0. The summed E-state index contributed by atoms with van der Waals surface area (Å²) in [4.78, 5) is 22.2. The van der Waals surface area contributed by atoms with E-state index in [1.807, 2.05) is 0 Å². The van der Waals surface area contributed by atoms with E-state index >= 15 is 0 Å². The molecular formula is C10H12N2O4. The SMILES string of the molecule is COC(=O)c1cc(C2CNC(=O)O2)cn1C. The van der Waals surface area contributed by atoms with Crippen LogP contribution >= 0.6 is 0 Å². The largest absolute Gasteiger partial charge is 0.464 e. The Morgan fingerprint density at radius 3 is 3.00 bits per heavy atom. The third-order valence-corrected chi connectivity index (χ3v) is 2.47. The molecule has 2 heterocycles.